The summed E-state index contributed by atoms with van der Waals surface area (Å²) in [4.78, 5) is 17.3. The van der Waals surface area contributed by atoms with Crippen LogP contribution in [0.3, 0.4) is 0 Å². The number of hydrogen-bond acceptors (Lipinski definition) is 5. The Bertz CT molecular complexity index is 593. The topological polar surface area (TPSA) is 51.2 Å². The molecule has 0 aliphatic carbocycles. The molecule has 0 saturated carbocycles. The van der Waals surface area contributed by atoms with Gasteiger partial charge in [-0.3, -0.25) is 9.69 Å². The molecule has 2 heterocycles. The summed E-state index contributed by atoms with van der Waals surface area (Å²) in [5, 5.41) is 0. The van der Waals surface area contributed by atoms with Crippen molar-refractivity contribution in [2.45, 2.75) is 12.8 Å². The summed E-state index contributed by atoms with van der Waals surface area (Å²) in [7, 11) is 3.37. The minimum absolute atomic E-state index is 0.0913. The van der Waals surface area contributed by atoms with Crippen LogP contribution in [-0.4, -0.2) is 75.9 Å². The molecule has 0 aromatic heterocycles. The Hall–Kier alpha value is -1.79. The van der Waals surface area contributed by atoms with Crippen molar-refractivity contribution in [1.82, 2.24) is 9.80 Å². The molecule has 1 aromatic carbocycles. The van der Waals surface area contributed by atoms with Crippen molar-refractivity contribution in [2.75, 3.05) is 60.2 Å². The highest BCUT2D eigenvalue weighted by Gasteiger charge is 2.30. The maximum atomic E-state index is 12.9. The molecule has 1 amide bonds. The quantitative estimate of drug-likeness (QED) is 0.806. The number of rotatable bonds is 5. The summed E-state index contributed by atoms with van der Waals surface area (Å²) in [5.74, 6) is 1.75. The number of hydrogen-bond donors (Lipinski definition) is 0. The minimum Gasteiger partial charge on any atom is -0.497 e. The summed E-state index contributed by atoms with van der Waals surface area (Å²) in [6.45, 7) is 5.67. The Balaban J connectivity index is 1.58. The van der Waals surface area contributed by atoms with Gasteiger partial charge in [-0.25, -0.2) is 0 Å². The van der Waals surface area contributed by atoms with Crippen LogP contribution in [-0.2, 0) is 16.0 Å². The number of carbonyl (C=O) groups is 1. The van der Waals surface area contributed by atoms with E-state index in [1.54, 1.807) is 14.2 Å². The molecule has 0 radical (unpaired) electrons. The van der Waals surface area contributed by atoms with Gasteiger partial charge in [0.1, 0.15) is 18.1 Å². The molecule has 0 bridgehead atoms. The predicted octanol–water partition coefficient (Wildman–Crippen LogP) is 1.43. The Kier molecular flexibility index (Phi) is 6.15. The fourth-order valence-corrected chi connectivity index (χ4v) is 3.53. The molecule has 6 nitrogen and oxygen atoms in total. The van der Waals surface area contributed by atoms with Gasteiger partial charge in [0.25, 0.3) is 0 Å². The highest BCUT2D eigenvalue weighted by Crippen LogP contribution is 2.31. The molecule has 0 N–H and O–H groups in total. The first-order chi connectivity index (χ1) is 12.2. The molecular weight excluding hydrogens is 320 g/mol. The van der Waals surface area contributed by atoms with Gasteiger partial charge >= 0.3 is 0 Å². The molecule has 1 atom stereocenters. The highest BCUT2D eigenvalue weighted by atomic mass is 16.5. The van der Waals surface area contributed by atoms with Crippen molar-refractivity contribution in [3.63, 3.8) is 0 Å². The predicted molar refractivity (Wildman–Crippen MR) is 95.2 cm³/mol. The standard InChI is InChI=1S/C19H28N2O4/c1-23-11-10-20-6-3-7-21(9-8-20)19(22)16-12-15-4-5-17(24-2)13-18(15)25-14-16/h4-5,13,16H,3,6-12,14H2,1-2H3. The summed E-state index contributed by atoms with van der Waals surface area (Å²) in [6, 6.07) is 5.83. The van der Waals surface area contributed by atoms with E-state index in [4.69, 9.17) is 14.2 Å². The number of ether oxygens (including phenoxy) is 3. The normalized spacial score (nSPS) is 21.2. The van der Waals surface area contributed by atoms with Gasteiger partial charge in [-0.2, -0.15) is 0 Å². The van der Waals surface area contributed by atoms with E-state index in [1.165, 1.54) is 0 Å². The highest BCUT2D eigenvalue weighted by molar-refractivity contribution is 5.80. The van der Waals surface area contributed by atoms with Gasteiger partial charge in [0.15, 0.2) is 0 Å². The van der Waals surface area contributed by atoms with E-state index in [9.17, 15) is 4.79 Å². The number of benzene rings is 1. The second kappa shape index (κ2) is 8.54. The Morgan fingerprint density at radius 2 is 2.12 bits per heavy atom. The third kappa shape index (κ3) is 4.44. The van der Waals surface area contributed by atoms with Crippen LogP contribution >= 0.6 is 0 Å². The molecule has 25 heavy (non-hydrogen) atoms. The van der Waals surface area contributed by atoms with Crippen LogP contribution in [0.25, 0.3) is 0 Å². The zero-order valence-electron chi connectivity index (χ0n) is 15.2. The summed E-state index contributed by atoms with van der Waals surface area (Å²) in [5.41, 5.74) is 1.09. The summed E-state index contributed by atoms with van der Waals surface area (Å²) < 4.78 is 16.2. The number of carbonyl (C=O) groups excluding carboxylic acids is 1. The number of amides is 1. The lowest BCUT2D eigenvalue weighted by molar-refractivity contribution is -0.136. The molecular formula is C19H28N2O4. The van der Waals surface area contributed by atoms with E-state index in [2.05, 4.69) is 4.90 Å². The van der Waals surface area contributed by atoms with Crippen molar-refractivity contribution in [3.05, 3.63) is 23.8 Å². The van der Waals surface area contributed by atoms with E-state index in [0.29, 0.717) is 6.61 Å². The molecule has 1 unspecified atom stereocenters. The van der Waals surface area contributed by atoms with Crippen LogP contribution in [0.15, 0.2) is 18.2 Å². The first-order valence-corrected chi connectivity index (χ1v) is 9.01. The first-order valence-electron chi connectivity index (χ1n) is 9.01. The molecule has 0 spiro atoms. The van der Waals surface area contributed by atoms with Crippen molar-refractivity contribution in [2.24, 2.45) is 5.92 Å². The average Bonchev–Trinajstić information content (AvgIpc) is 2.90. The van der Waals surface area contributed by atoms with Crippen molar-refractivity contribution < 1.29 is 19.0 Å². The van der Waals surface area contributed by atoms with E-state index in [1.807, 2.05) is 23.1 Å². The van der Waals surface area contributed by atoms with Gasteiger partial charge < -0.3 is 19.1 Å². The summed E-state index contributed by atoms with van der Waals surface area (Å²) >= 11 is 0. The molecule has 2 aliphatic heterocycles. The lowest BCUT2D eigenvalue weighted by Gasteiger charge is -2.30. The van der Waals surface area contributed by atoms with Gasteiger partial charge in [-0.05, 0) is 31.0 Å². The van der Waals surface area contributed by atoms with Crippen LogP contribution in [0, 0.1) is 5.92 Å². The minimum atomic E-state index is -0.0913. The second-order valence-electron chi connectivity index (χ2n) is 6.70. The van der Waals surface area contributed by atoms with E-state index in [0.717, 1.165) is 69.2 Å². The number of methoxy groups -OCH3 is 2. The average molecular weight is 348 g/mol. The van der Waals surface area contributed by atoms with E-state index < -0.39 is 0 Å². The maximum Gasteiger partial charge on any atom is 0.229 e. The van der Waals surface area contributed by atoms with Gasteiger partial charge in [0, 0.05) is 39.4 Å². The van der Waals surface area contributed by atoms with Gasteiger partial charge in [0.2, 0.25) is 5.91 Å². The molecule has 1 saturated heterocycles. The third-order valence-electron chi connectivity index (χ3n) is 5.04. The van der Waals surface area contributed by atoms with Crippen LogP contribution in [0.1, 0.15) is 12.0 Å². The molecule has 1 aromatic rings. The van der Waals surface area contributed by atoms with Crippen LogP contribution < -0.4 is 9.47 Å². The fraction of sp³-hybridized carbons (Fsp3) is 0.632. The fourth-order valence-electron chi connectivity index (χ4n) is 3.53. The lowest BCUT2D eigenvalue weighted by Crippen LogP contribution is -2.42. The zero-order chi connectivity index (χ0) is 17.6. The second-order valence-corrected chi connectivity index (χ2v) is 6.70. The van der Waals surface area contributed by atoms with E-state index >= 15 is 0 Å². The van der Waals surface area contributed by atoms with E-state index in [-0.39, 0.29) is 11.8 Å². The monoisotopic (exact) mass is 348 g/mol. The SMILES string of the molecule is COCCN1CCCN(C(=O)C2COc3cc(OC)ccc3C2)CC1. The van der Waals surface area contributed by atoms with Crippen molar-refractivity contribution in [3.8, 4) is 11.5 Å². The van der Waals surface area contributed by atoms with Gasteiger partial charge in [0.05, 0.1) is 19.6 Å². The lowest BCUT2D eigenvalue weighted by atomic mass is 9.95. The van der Waals surface area contributed by atoms with Crippen LogP contribution in [0.5, 0.6) is 11.5 Å². The zero-order valence-corrected chi connectivity index (χ0v) is 15.2. The Morgan fingerprint density at radius 1 is 1.24 bits per heavy atom. The van der Waals surface area contributed by atoms with Gasteiger partial charge in [-0.1, -0.05) is 6.07 Å². The van der Waals surface area contributed by atoms with Crippen LogP contribution in [0.4, 0.5) is 0 Å². The Morgan fingerprint density at radius 3 is 2.92 bits per heavy atom. The number of nitrogens with zero attached hydrogens (tertiary/aromatic N) is 2. The third-order valence-corrected chi connectivity index (χ3v) is 5.04. The van der Waals surface area contributed by atoms with Crippen LogP contribution in [0.2, 0.25) is 0 Å². The number of fused-ring (bicyclic) bond motifs is 1. The first kappa shape index (κ1) is 18.0. The molecule has 2 aliphatic rings. The smallest absolute Gasteiger partial charge is 0.229 e. The molecule has 3 rings (SSSR count). The summed E-state index contributed by atoms with van der Waals surface area (Å²) in [6.07, 6.45) is 1.75. The Labute approximate surface area is 149 Å². The van der Waals surface area contributed by atoms with Crippen molar-refractivity contribution in [1.29, 1.82) is 0 Å². The molecule has 138 valence electrons. The van der Waals surface area contributed by atoms with Crippen molar-refractivity contribution >= 4 is 5.91 Å². The molecule has 1 fully saturated rings. The molecule has 6 heteroatoms. The van der Waals surface area contributed by atoms with Gasteiger partial charge in [-0.15, -0.1) is 0 Å². The largest absolute Gasteiger partial charge is 0.497 e. The maximum absolute atomic E-state index is 12.9.